The Morgan fingerprint density at radius 1 is 1.12 bits per heavy atom. The minimum absolute atomic E-state index is 0.00526. The van der Waals surface area contributed by atoms with Crippen LogP contribution in [0.4, 0.5) is 18.0 Å². The van der Waals surface area contributed by atoms with Crippen molar-refractivity contribution in [2.45, 2.75) is 32.0 Å². The van der Waals surface area contributed by atoms with Crippen molar-refractivity contribution in [2.24, 2.45) is 0 Å². The monoisotopic (exact) mass is 343 g/mol. The maximum atomic E-state index is 12.6. The van der Waals surface area contributed by atoms with E-state index in [4.69, 9.17) is 0 Å². The number of nitrogens with zero attached hydrogens (tertiary/aromatic N) is 1. The molecule has 0 unspecified atom stereocenters. The van der Waals surface area contributed by atoms with Crippen LogP contribution in [0.25, 0.3) is 0 Å². The van der Waals surface area contributed by atoms with Gasteiger partial charge in [-0.15, -0.1) is 0 Å². The van der Waals surface area contributed by atoms with Crippen molar-refractivity contribution in [3.8, 4) is 0 Å². The highest BCUT2D eigenvalue weighted by molar-refractivity contribution is 5.78. The lowest BCUT2D eigenvalue weighted by molar-refractivity contribution is -0.137. The molecule has 0 aromatic heterocycles. The molecule has 8 heteroatoms. The van der Waals surface area contributed by atoms with Gasteiger partial charge in [-0.25, -0.2) is 4.79 Å². The lowest BCUT2D eigenvalue weighted by Gasteiger charge is -2.15. The fourth-order valence-electron chi connectivity index (χ4n) is 2.51. The van der Waals surface area contributed by atoms with Gasteiger partial charge in [-0.3, -0.25) is 4.79 Å². The van der Waals surface area contributed by atoms with Gasteiger partial charge in [0.25, 0.3) is 0 Å². The number of hydrogen-bond donors (Lipinski definition) is 2. The number of rotatable bonds is 5. The third-order valence-corrected chi connectivity index (χ3v) is 3.79. The summed E-state index contributed by atoms with van der Waals surface area (Å²) in [7, 11) is 0. The van der Waals surface area contributed by atoms with Gasteiger partial charge in [0.1, 0.15) is 0 Å². The van der Waals surface area contributed by atoms with Gasteiger partial charge in [-0.1, -0.05) is 12.1 Å². The normalized spacial score (nSPS) is 14.5. The Labute approximate surface area is 138 Å². The van der Waals surface area contributed by atoms with Gasteiger partial charge in [0.05, 0.1) is 5.56 Å². The summed E-state index contributed by atoms with van der Waals surface area (Å²) >= 11 is 0. The van der Waals surface area contributed by atoms with Crippen molar-refractivity contribution in [3.63, 3.8) is 0 Å². The fourth-order valence-corrected chi connectivity index (χ4v) is 2.51. The second-order valence-electron chi connectivity index (χ2n) is 5.65. The topological polar surface area (TPSA) is 61.4 Å². The number of carbonyl (C=O) groups excluding carboxylic acids is 2. The summed E-state index contributed by atoms with van der Waals surface area (Å²) in [6.45, 7) is 1.71. The summed E-state index contributed by atoms with van der Waals surface area (Å²) in [4.78, 5) is 25.2. The van der Waals surface area contributed by atoms with Crippen molar-refractivity contribution >= 4 is 11.9 Å². The molecule has 0 aliphatic carbocycles. The molecule has 1 aromatic carbocycles. The standard InChI is InChI=1S/C16H20F3N3O2/c17-16(18,19)13-5-3-4-12(10-13)11-21-15(24)20-7-6-14(23)22-8-1-2-9-22/h3-5,10H,1-2,6-9,11H2,(H2,20,21,24). The van der Waals surface area contributed by atoms with E-state index in [1.807, 2.05) is 0 Å². The first-order chi connectivity index (χ1) is 11.4. The summed E-state index contributed by atoms with van der Waals surface area (Å²) in [6, 6.07) is 4.27. The molecule has 2 N–H and O–H groups in total. The van der Waals surface area contributed by atoms with E-state index in [1.165, 1.54) is 12.1 Å². The highest BCUT2D eigenvalue weighted by atomic mass is 19.4. The van der Waals surface area contributed by atoms with Crippen LogP contribution in [-0.2, 0) is 17.5 Å². The van der Waals surface area contributed by atoms with E-state index in [1.54, 1.807) is 4.90 Å². The van der Waals surface area contributed by atoms with Gasteiger partial charge < -0.3 is 15.5 Å². The van der Waals surface area contributed by atoms with Crippen LogP contribution in [0.15, 0.2) is 24.3 Å². The smallest absolute Gasteiger partial charge is 0.343 e. The Bertz CT molecular complexity index is 584. The van der Waals surface area contributed by atoms with Crippen molar-refractivity contribution in [1.82, 2.24) is 15.5 Å². The van der Waals surface area contributed by atoms with E-state index in [2.05, 4.69) is 10.6 Å². The summed E-state index contributed by atoms with van der Waals surface area (Å²) < 4.78 is 37.8. The molecule has 0 radical (unpaired) electrons. The maximum Gasteiger partial charge on any atom is 0.416 e. The Morgan fingerprint density at radius 3 is 2.50 bits per heavy atom. The Morgan fingerprint density at radius 2 is 1.83 bits per heavy atom. The molecule has 0 atom stereocenters. The molecule has 1 saturated heterocycles. The molecule has 0 bridgehead atoms. The summed E-state index contributed by atoms with van der Waals surface area (Å²) in [5, 5.41) is 5.01. The Hall–Kier alpha value is -2.25. The average molecular weight is 343 g/mol. The van der Waals surface area contributed by atoms with Crippen molar-refractivity contribution < 1.29 is 22.8 Å². The van der Waals surface area contributed by atoms with Crippen LogP contribution < -0.4 is 10.6 Å². The average Bonchev–Trinajstić information content (AvgIpc) is 3.07. The molecule has 0 saturated carbocycles. The fraction of sp³-hybridized carbons (Fsp3) is 0.500. The first-order valence-electron chi connectivity index (χ1n) is 7.82. The number of halogens is 3. The molecular weight excluding hydrogens is 323 g/mol. The second-order valence-corrected chi connectivity index (χ2v) is 5.65. The number of urea groups is 1. The van der Waals surface area contributed by atoms with Crippen LogP contribution in [0, 0.1) is 0 Å². The predicted octanol–water partition coefficient (Wildman–Crippen LogP) is 2.52. The summed E-state index contributed by atoms with van der Waals surface area (Å²) in [6.07, 6.45) is -2.17. The molecule has 1 fully saturated rings. The maximum absolute atomic E-state index is 12.6. The summed E-state index contributed by atoms with van der Waals surface area (Å²) in [5.74, 6) is 0.00526. The molecule has 1 heterocycles. The highest BCUT2D eigenvalue weighted by Gasteiger charge is 2.30. The van der Waals surface area contributed by atoms with Crippen molar-refractivity contribution in [2.75, 3.05) is 19.6 Å². The minimum Gasteiger partial charge on any atom is -0.343 e. The van der Waals surface area contributed by atoms with E-state index < -0.39 is 17.8 Å². The quantitative estimate of drug-likeness (QED) is 0.863. The van der Waals surface area contributed by atoms with E-state index in [0.29, 0.717) is 5.56 Å². The van der Waals surface area contributed by atoms with E-state index >= 15 is 0 Å². The number of benzene rings is 1. The zero-order valence-electron chi connectivity index (χ0n) is 13.2. The van der Waals surface area contributed by atoms with Gasteiger partial charge in [-0.2, -0.15) is 13.2 Å². The van der Waals surface area contributed by atoms with E-state index in [-0.39, 0.29) is 25.4 Å². The van der Waals surface area contributed by atoms with E-state index in [0.717, 1.165) is 38.1 Å². The third-order valence-electron chi connectivity index (χ3n) is 3.79. The number of amides is 3. The van der Waals surface area contributed by atoms with Gasteiger partial charge in [-0.05, 0) is 30.5 Å². The molecule has 1 aromatic rings. The number of nitrogens with one attached hydrogen (secondary N) is 2. The van der Waals surface area contributed by atoms with Gasteiger partial charge in [0.15, 0.2) is 0 Å². The number of carbonyl (C=O) groups is 2. The first kappa shape index (κ1) is 18.1. The first-order valence-corrected chi connectivity index (χ1v) is 7.82. The Balaban J connectivity index is 1.70. The van der Waals surface area contributed by atoms with Crippen molar-refractivity contribution in [3.05, 3.63) is 35.4 Å². The lowest BCUT2D eigenvalue weighted by Crippen LogP contribution is -2.38. The molecular formula is C16H20F3N3O2. The van der Waals surface area contributed by atoms with Crippen LogP contribution in [0.1, 0.15) is 30.4 Å². The molecule has 5 nitrogen and oxygen atoms in total. The highest BCUT2D eigenvalue weighted by Crippen LogP contribution is 2.29. The molecule has 24 heavy (non-hydrogen) atoms. The zero-order valence-corrected chi connectivity index (χ0v) is 13.2. The molecule has 1 aliphatic rings. The summed E-state index contributed by atoms with van der Waals surface area (Å²) in [5.41, 5.74) is -0.397. The predicted molar refractivity (Wildman–Crippen MR) is 82.1 cm³/mol. The molecule has 132 valence electrons. The lowest BCUT2D eigenvalue weighted by atomic mass is 10.1. The molecule has 3 amide bonds. The Kier molecular flexibility index (Phi) is 6.05. The van der Waals surface area contributed by atoms with Crippen LogP contribution in [0.3, 0.4) is 0 Å². The number of hydrogen-bond acceptors (Lipinski definition) is 2. The number of likely N-dealkylation sites (tertiary alicyclic amines) is 1. The van der Waals surface area contributed by atoms with Gasteiger partial charge in [0, 0.05) is 32.6 Å². The van der Waals surface area contributed by atoms with Crippen molar-refractivity contribution in [1.29, 1.82) is 0 Å². The largest absolute Gasteiger partial charge is 0.416 e. The zero-order chi connectivity index (χ0) is 17.6. The third kappa shape index (κ3) is 5.43. The second kappa shape index (κ2) is 8.03. The number of alkyl halides is 3. The molecule has 1 aliphatic heterocycles. The SMILES string of the molecule is O=C(NCCC(=O)N1CCCC1)NCc1cccc(C(F)(F)F)c1. The van der Waals surface area contributed by atoms with Crippen LogP contribution in [-0.4, -0.2) is 36.5 Å². The van der Waals surface area contributed by atoms with Crippen LogP contribution >= 0.6 is 0 Å². The minimum atomic E-state index is -4.41. The van der Waals surface area contributed by atoms with Crippen LogP contribution in [0.5, 0.6) is 0 Å². The molecule has 2 rings (SSSR count). The molecule has 0 spiro atoms. The van der Waals surface area contributed by atoms with Gasteiger partial charge in [0.2, 0.25) is 5.91 Å². The van der Waals surface area contributed by atoms with Gasteiger partial charge >= 0.3 is 12.2 Å². The van der Waals surface area contributed by atoms with E-state index in [9.17, 15) is 22.8 Å². The van der Waals surface area contributed by atoms with Crippen LogP contribution in [0.2, 0.25) is 0 Å².